The van der Waals surface area contributed by atoms with Crippen molar-refractivity contribution in [3.05, 3.63) is 29.3 Å². The molecule has 0 atom stereocenters. The third-order valence-corrected chi connectivity index (χ3v) is 3.38. The Morgan fingerprint density at radius 1 is 1.47 bits per heavy atom. The summed E-state index contributed by atoms with van der Waals surface area (Å²) in [5, 5.41) is 13.5. The minimum atomic E-state index is 0.142. The molecule has 0 saturated heterocycles. The molecule has 4 nitrogen and oxygen atoms in total. The van der Waals surface area contributed by atoms with E-state index in [0.29, 0.717) is 5.75 Å². The molecule has 2 N–H and O–H groups in total. The van der Waals surface area contributed by atoms with Crippen molar-refractivity contribution < 1.29 is 9.84 Å². The number of thiazole rings is 1. The highest BCUT2D eigenvalue weighted by Crippen LogP contribution is 2.33. The second kappa shape index (κ2) is 5.16. The molecule has 0 aliphatic rings. The second-order valence-corrected chi connectivity index (χ2v) is 4.66. The van der Waals surface area contributed by atoms with Gasteiger partial charge in [-0.3, -0.25) is 0 Å². The average molecular weight is 250 g/mol. The van der Waals surface area contributed by atoms with Gasteiger partial charge in [-0.1, -0.05) is 0 Å². The monoisotopic (exact) mass is 250 g/mol. The fourth-order valence-corrected chi connectivity index (χ4v) is 2.43. The van der Waals surface area contributed by atoms with Crippen LogP contribution in [0.5, 0.6) is 11.5 Å². The highest BCUT2D eigenvalue weighted by atomic mass is 32.1. The van der Waals surface area contributed by atoms with Crippen LogP contribution in [0.25, 0.3) is 10.6 Å². The van der Waals surface area contributed by atoms with Crippen LogP contribution >= 0.6 is 11.3 Å². The number of phenolic OH excluding ortho intramolecular Hbond substituents is 1. The van der Waals surface area contributed by atoms with Crippen molar-refractivity contribution in [3.8, 4) is 22.1 Å². The van der Waals surface area contributed by atoms with Crippen molar-refractivity contribution in [2.45, 2.75) is 6.54 Å². The van der Waals surface area contributed by atoms with Crippen LogP contribution < -0.4 is 10.1 Å². The summed E-state index contributed by atoms with van der Waals surface area (Å²) in [5.41, 5.74) is 0.951. The lowest BCUT2D eigenvalue weighted by Gasteiger charge is -2.04. The standard InChI is InChI=1S/C12H14N2O2S/c1-13-6-9-7-14-12(17-9)8-3-4-10(15)11(5-8)16-2/h3-5,7,13,15H,6H2,1-2H3. The number of aromatic hydroxyl groups is 1. The molecule has 0 saturated carbocycles. The molecule has 17 heavy (non-hydrogen) atoms. The molecule has 0 radical (unpaired) electrons. The van der Waals surface area contributed by atoms with Gasteiger partial charge in [-0.05, 0) is 25.2 Å². The summed E-state index contributed by atoms with van der Waals surface area (Å²) in [6, 6.07) is 5.24. The van der Waals surface area contributed by atoms with E-state index in [1.165, 1.54) is 12.0 Å². The van der Waals surface area contributed by atoms with Gasteiger partial charge in [0.05, 0.1) is 7.11 Å². The molecule has 90 valence electrons. The topological polar surface area (TPSA) is 54.4 Å². The third kappa shape index (κ3) is 2.57. The lowest BCUT2D eigenvalue weighted by Crippen LogP contribution is -2.02. The zero-order valence-corrected chi connectivity index (χ0v) is 10.5. The van der Waals surface area contributed by atoms with Gasteiger partial charge in [-0.15, -0.1) is 11.3 Å². The Balaban J connectivity index is 2.32. The number of hydrogen-bond donors (Lipinski definition) is 2. The summed E-state index contributed by atoms with van der Waals surface area (Å²) in [7, 11) is 3.44. The Labute approximate surface area is 104 Å². The van der Waals surface area contributed by atoms with Crippen molar-refractivity contribution in [1.82, 2.24) is 10.3 Å². The van der Waals surface area contributed by atoms with Crippen LogP contribution in [0, 0.1) is 0 Å². The highest BCUT2D eigenvalue weighted by Gasteiger charge is 2.08. The van der Waals surface area contributed by atoms with Crippen molar-refractivity contribution in [3.63, 3.8) is 0 Å². The van der Waals surface area contributed by atoms with Gasteiger partial charge in [-0.2, -0.15) is 0 Å². The molecule has 2 aromatic rings. The van der Waals surface area contributed by atoms with E-state index < -0.39 is 0 Å². The average Bonchev–Trinajstić information content (AvgIpc) is 2.79. The van der Waals surface area contributed by atoms with Gasteiger partial charge >= 0.3 is 0 Å². The molecule has 1 aromatic carbocycles. The lowest BCUT2D eigenvalue weighted by molar-refractivity contribution is 0.373. The second-order valence-electron chi connectivity index (χ2n) is 3.55. The first-order chi connectivity index (χ1) is 8.24. The van der Waals surface area contributed by atoms with Gasteiger partial charge in [0.1, 0.15) is 5.01 Å². The third-order valence-electron chi connectivity index (χ3n) is 2.33. The molecular formula is C12H14N2O2S. The molecule has 0 aliphatic heterocycles. The molecule has 0 unspecified atom stereocenters. The number of rotatable bonds is 4. The first kappa shape index (κ1) is 11.9. The number of nitrogens with one attached hydrogen (secondary N) is 1. The summed E-state index contributed by atoms with van der Waals surface area (Å²) >= 11 is 1.62. The van der Waals surface area contributed by atoms with Crippen molar-refractivity contribution >= 4 is 11.3 Å². The van der Waals surface area contributed by atoms with Crippen LogP contribution in [0.2, 0.25) is 0 Å². The lowest BCUT2D eigenvalue weighted by atomic mass is 10.2. The molecular weight excluding hydrogens is 236 g/mol. The van der Waals surface area contributed by atoms with E-state index >= 15 is 0 Å². The number of benzene rings is 1. The van der Waals surface area contributed by atoms with Gasteiger partial charge in [0.2, 0.25) is 0 Å². The predicted octanol–water partition coefficient (Wildman–Crippen LogP) is 2.24. The summed E-state index contributed by atoms with van der Waals surface area (Å²) in [6.45, 7) is 0.812. The van der Waals surface area contributed by atoms with Crippen molar-refractivity contribution in [2.24, 2.45) is 0 Å². The van der Waals surface area contributed by atoms with E-state index in [2.05, 4.69) is 10.3 Å². The molecule has 1 aromatic heterocycles. The summed E-state index contributed by atoms with van der Waals surface area (Å²) in [5.74, 6) is 0.608. The zero-order chi connectivity index (χ0) is 12.3. The number of hydrogen-bond acceptors (Lipinski definition) is 5. The van der Waals surface area contributed by atoms with Crippen molar-refractivity contribution in [1.29, 1.82) is 0 Å². The quantitative estimate of drug-likeness (QED) is 0.874. The van der Waals surface area contributed by atoms with Gasteiger partial charge in [0.25, 0.3) is 0 Å². The molecule has 1 heterocycles. The Morgan fingerprint density at radius 3 is 3.00 bits per heavy atom. The molecule has 0 spiro atoms. The van der Waals surface area contributed by atoms with Gasteiger partial charge in [0.15, 0.2) is 11.5 Å². The van der Waals surface area contributed by atoms with E-state index in [4.69, 9.17) is 4.74 Å². The van der Waals surface area contributed by atoms with Crippen LogP contribution in [0.4, 0.5) is 0 Å². The zero-order valence-electron chi connectivity index (χ0n) is 9.73. The number of phenols is 1. The van der Waals surface area contributed by atoms with E-state index in [-0.39, 0.29) is 5.75 Å². The maximum atomic E-state index is 9.52. The fraction of sp³-hybridized carbons (Fsp3) is 0.250. The smallest absolute Gasteiger partial charge is 0.161 e. The summed E-state index contributed by atoms with van der Waals surface area (Å²) in [6.07, 6.45) is 1.86. The van der Waals surface area contributed by atoms with E-state index in [9.17, 15) is 5.11 Å². The molecule has 5 heteroatoms. The molecule has 2 rings (SSSR count). The molecule has 0 bridgehead atoms. The first-order valence-corrected chi connectivity index (χ1v) is 6.03. The van der Waals surface area contributed by atoms with Gasteiger partial charge in [0, 0.05) is 23.2 Å². The molecule has 0 amide bonds. The minimum absolute atomic E-state index is 0.142. The number of aromatic nitrogens is 1. The maximum absolute atomic E-state index is 9.52. The van der Waals surface area contributed by atoms with Crippen LogP contribution in [0.1, 0.15) is 4.88 Å². The normalized spacial score (nSPS) is 10.5. The minimum Gasteiger partial charge on any atom is -0.504 e. The number of methoxy groups -OCH3 is 1. The summed E-state index contributed by atoms with van der Waals surface area (Å²) in [4.78, 5) is 5.53. The van der Waals surface area contributed by atoms with Crippen molar-refractivity contribution in [2.75, 3.05) is 14.2 Å². The molecule has 0 aliphatic carbocycles. The highest BCUT2D eigenvalue weighted by molar-refractivity contribution is 7.15. The van der Waals surface area contributed by atoms with Crippen LogP contribution in [0.3, 0.4) is 0 Å². The first-order valence-electron chi connectivity index (χ1n) is 5.21. The Bertz CT molecular complexity index is 511. The maximum Gasteiger partial charge on any atom is 0.161 e. The SMILES string of the molecule is CNCc1cnc(-c2ccc(O)c(OC)c2)s1. The van der Waals surface area contributed by atoms with Gasteiger partial charge in [-0.25, -0.2) is 4.98 Å². The Morgan fingerprint density at radius 2 is 2.29 bits per heavy atom. The van der Waals surface area contributed by atoms with Gasteiger partial charge < -0.3 is 15.2 Å². The number of nitrogens with zero attached hydrogens (tertiary/aromatic N) is 1. The largest absolute Gasteiger partial charge is 0.504 e. The van der Waals surface area contributed by atoms with Crippen LogP contribution in [-0.2, 0) is 6.54 Å². The fourth-order valence-electron chi connectivity index (χ4n) is 1.51. The van der Waals surface area contributed by atoms with E-state index in [1.54, 1.807) is 23.5 Å². The van der Waals surface area contributed by atoms with E-state index in [0.717, 1.165) is 17.1 Å². The predicted molar refractivity (Wildman–Crippen MR) is 68.5 cm³/mol. The van der Waals surface area contributed by atoms with E-state index in [1.807, 2.05) is 19.3 Å². The Kier molecular flexibility index (Phi) is 3.61. The number of ether oxygens (including phenoxy) is 1. The van der Waals surface area contributed by atoms with Crippen LogP contribution in [0.15, 0.2) is 24.4 Å². The molecule has 0 fully saturated rings. The Hall–Kier alpha value is -1.59. The van der Waals surface area contributed by atoms with Crippen LogP contribution in [-0.4, -0.2) is 24.2 Å². The summed E-state index contributed by atoms with van der Waals surface area (Å²) < 4.78 is 5.08.